The first-order valence-corrected chi connectivity index (χ1v) is 6.61. The van der Waals surface area contributed by atoms with Crippen LogP contribution in [0.4, 0.5) is 11.4 Å². The molecular formula is C14H16N2O4. The van der Waals surface area contributed by atoms with Crippen molar-refractivity contribution in [1.82, 2.24) is 0 Å². The first-order valence-electron chi connectivity index (χ1n) is 6.61. The number of hydrogen-bond acceptors (Lipinski definition) is 4. The molecule has 1 aromatic carbocycles. The minimum atomic E-state index is -0.373. The van der Waals surface area contributed by atoms with Gasteiger partial charge in [-0.3, -0.25) is 9.59 Å². The molecule has 3 rings (SSSR count). The van der Waals surface area contributed by atoms with Gasteiger partial charge < -0.3 is 19.7 Å². The minimum Gasteiger partial charge on any atom is -0.482 e. The molecular weight excluding hydrogens is 260 g/mol. The highest BCUT2D eigenvalue weighted by Gasteiger charge is 2.25. The summed E-state index contributed by atoms with van der Waals surface area (Å²) in [7, 11) is 1.69. The first kappa shape index (κ1) is 12.9. The molecule has 0 aromatic heterocycles. The maximum absolute atomic E-state index is 12.0. The normalized spacial score (nSPS) is 21.4. The van der Waals surface area contributed by atoms with Crippen LogP contribution in [0.3, 0.4) is 0 Å². The third-order valence-electron chi connectivity index (χ3n) is 3.54. The maximum Gasteiger partial charge on any atom is 0.264 e. The van der Waals surface area contributed by atoms with Gasteiger partial charge in [0, 0.05) is 19.3 Å². The fourth-order valence-electron chi connectivity index (χ4n) is 2.36. The second-order valence-electron chi connectivity index (χ2n) is 4.91. The van der Waals surface area contributed by atoms with Gasteiger partial charge in [0.2, 0.25) is 0 Å². The first-order chi connectivity index (χ1) is 9.65. The van der Waals surface area contributed by atoms with Crippen LogP contribution in [0.5, 0.6) is 5.75 Å². The molecule has 0 aliphatic carbocycles. The molecule has 1 fully saturated rings. The molecule has 20 heavy (non-hydrogen) atoms. The number of benzene rings is 1. The number of fused-ring (bicyclic) bond motifs is 1. The topological polar surface area (TPSA) is 67.9 Å². The van der Waals surface area contributed by atoms with E-state index in [0.717, 1.165) is 12.8 Å². The second kappa shape index (κ2) is 5.13. The number of nitrogens with zero attached hydrogens (tertiary/aromatic N) is 1. The Labute approximate surface area is 116 Å². The molecule has 1 aromatic rings. The van der Waals surface area contributed by atoms with Gasteiger partial charge in [-0.2, -0.15) is 0 Å². The van der Waals surface area contributed by atoms with E-state index in [-0.39, 0.29) is 24.5 Å². The summed E-state index contributed by atoms with van der Waals surface area (Å²) >= 11 is 0. The molecule has 0 saturated carbocycles. The summed E-state index contributed by atoms with van der Waals surface area (Å²) in [5.74, 6) is 0.385. The molecule has 1 N–H and O–H groups in total. The molecule has 2 amide bonds. The Kier molecular flexibility index (Phi) is 3.31. The number of rotatable bonds is 2. The quantitative estimate of drug-likeness (QED) is 0.880. The molecule has 1 saturated heterocycles. The Morgan fingerprint density at radius 3 is 3.05 bits per heavy atom. The van der Waals surface area contributed by atoms with E-state index in [0.29, 0.717) is 23.7 Å². The van der Waals surface area contributed by atoms with Crippen molar-refractivity contribution in [3.05, 3.63) is 18.2 Å². The molecule has 0 spiro atoms. The fraction of sp³-hybridized carbons (Fsp3) is 0.429. The van der Waals surface area contributed by atoms with Gasteiger partial charge in [0.1, 0.15) is 11.9 Å². The summed E-state index contributed by atoms with van der Waals surface area (Å²) in [6, 6.07) is 5.25. The predicted octanol–water partition coefficient (Wildman–Crippen LogP) is 1.16. The van der Waals surface area contributed by atoms with Crippen LogP contribution in [0, 0.1) is 0 Å². The Morgan fingerprint density at radius 2 is 2.30 bits per heavy atom. The molecule has 6 nitrogen and oxygen atoms in total. The monoisotopic (exact) mass is 276 g/mol. The number of amides is 2. The Balaban J connectivity index is 1.78. The van der Waals surface area contributed by atoms with E-state index in [9.17, 15) is 9.59 Å². The molecule has 2 heterocycles. The molecule has 1 atom stereocenters. The average molecular weight is 276 g/mol. The van der Waals surface area contributed by atoms with Crippen molar-refractivity contribution < 1.29 is 19.1 Å². The maximum atomic E-state index is 12.0. The Hall–Kier alpha value is -2.08. The number of nitrogens with one attached hydrogen (secondary N) is 1. The summed E-state index contributed by atoms with van der Waals surface area (Å²) in [5, 5.41) is 2.81. The van der Waals surface area contributed by atoms with E-state index in [2.05, 4.69) is 5.32 Å². The van der Waals surface area contributed by atoms with Gasteiger partial charge in [-0.05, 0) is 31.0 Å². The lowest BCUT2D eigenvalue weighted by molar-refractivity contribution is -0.124. The molecule has 0 radical (unpaired) electrons. The van der Waals surface area contributed by atoms with Crippen LogP contribution in [0.2, 0.25) is 0 Å². The van der Waals surface area contributed by atoms with Crippen LogP contribution < -0.4 is 15.0 Å². The highest BCUT2D eigenvalue weighted by Crippen LogP contribution is 2.33. The number of anilines is 2. The van der Waals surface area contributed by atoms with Gasteiger partial charge in [0.15, 0.2) is 6.61 Å². The van der Waals surface area contributed by atoms with Crippen molar-refractivity contribution in [2.45, 2.75) is 18.9 Å². The smallest absolute Gasteiger partial charge is 0.264 e. The Bertz CT molecular complexity index is 552. The molecule has 2 aliphatic heterocycles. The van der Waals surface area contributed by atoms with Crippen molar-refractivity contribution in [3.8, 4) is 5.75 Å². The van der Waals surface area contributed by atoms with Crippen molar-refractivity contribution in [3.63, 3.8) is 0 Å². The summed E-state index contributed by atoms with van der Waals surface area (Å²) in [6.45, 7) is 0.679. The number of carbonyl (C=O) groups excluding carboxylic acids is 2. The van der Waals surface area contributed by atoms with Gasteiger partial charge in [-0.25, -0.2) is 0 Å². The lowest BCUT2D eigenvalue weighted by atomic mass is 10.2. The zero-order valence-corrected chi connectivity index (χ0v) is 11.2. The lowest BCUT2D eigenvalue weighted by Crippen LogP contribution is -2.35. The van der Waals surface area contributed by atoms with Crippen LogP contribution in [-0.4, -0.2) is 38.2 Å². The van der Waals surface area contributed by atoms with E-state index >= 15 is 0 Å². The minimum absolute atomic E-state index is 0.0467. The summed E-state index contributed by atoms with van der Waals surface area (Å²) in [5.41, 5.74) is 1.29. The van der Waals surface area contributed by atoms with Crippen molar-refractivity contribution in [2.75, 3.05) is 30.5 Å². The molecule has 1 unspecified atom stereocenters. The molecule has 106 valence electrons. The van der Waals surface area contributed by atoms with Gasteiger partial charge in [-0.15, -0.1) is 0 Å². The zero-order chi connectivity index (χ0) is 14.1. The van der Waals surface area contributed by atoms with E-state index in [1.54, 1.807) is 25.2 Å². The predicted molar refractivity (Wildman–Crippen MR) is 73.0 cm³/mol. The molecule has 2 aliphatic rings. The van der Waals surface area contributed by atoms with Gasteiger partial charge in [0.25, 0.3) is 11.8 Å². The van der Waals surface area contributed by atoms with Crippen LogP contribution in [0.1, 0.15) is 12.8 Å². The van der Waals surface area contributed by atoms with Crippen LogP contribution in [0.15, 0.2) is 18.2 Å². The number of ether oxygens (including phenoxy) is 2. The van der Waals surface area contributed by atoms with Crippen LogP contribution >= 0.6 is 0 Å². The molecule has 6 heteroatoms. The number of hydrogen-bond donors (Lipinski definition) is 1. The van der Waals surface area contributed by atoms with Gasteiger partial charge in [-0.1, -0.05) is 0 Å². The van der Waals surface area contributed by atoms with Crippen molar-refractivity contribution in [1.29, 1.82) is 0 Å². The third-order valence-corrected chi connectivity index (χ3v) is 3.54. The van der Waals surface area contributed by atoms with Crippen molar-refractivity contribution >= 4 is 23.2 Å². The standard InChI is InChI=1S/C14H16N2O4/c1-16-10-7-9(4-5-11(10)20-8-13(16)17)15-14(18)12-3-2-6-19-12/h4-5,7,12H,2-3,6,8H2,1H3,(H,15,18). The van der Waals surface area contributed by atoms with E-state index in [1.165, 1.54) is 4.90 Å². The van der Waals surface area contributed by atoms with E-state index in [4.69, 9.17) is 9.47 Å². The largest absolute Gasteiger partial charge is 0.482 e. The van der Waals surface area contributed by atoms with Gasteiger partial charge >= 0.3 is 0 Å². The van der Waals surface area contributed by atoms with E-state index < -0.39 is 0 Å². The number of likely N-dealkylation sites (N-methyl/N-ethyl adjacent to an activating group) is 1. The highest BCUT2D eigenvalue weighted by molar-refractivity contribution is 5.99. The van der Waals surface area contributed by atoms with Gasteiger partial charge in [0.05, 0.1) is 5.69 Å². The fourth-order valence-corrected chi connectivity index (χ4v) is 2.36. The Morgan fingerprint density at radius 1 is 1.45 bits per heavy atom. The lowest BCUT2D eigenvalue weighted by Gasteiger charge is -2.26. The van der Waals surface area contributed by atoms with Crippen LogP contribution in [0.25, 0.3) is 0 Å². The van der Waals surface area contributed by atoms with Crippen LogP contribution in [-0.2, 0) is 14.3 Å². The average Bonchev–Trinajstić information content (AvgIpc) is 2.98. The second-order valence-corrected chi connectivity index (χ2v) is 4.91. The zero-order valence-electron chi connectivity index (χ0n) is 11.2. The summed E-state index contributed by atoms with van der Waals surface area (Å²) in [6.07, 6.45) is 1.28. The third kappa shape index (κ3) is 2.34. The SMILES string of the molecule is CN1C(=O)COc2ccc(NC(=O)C3CCCO3)cc21. The number of carbonyl (C=O) groups is 2. The highest BCUT2D eigenvalue weighted by atomic mass is 16.5. The van der Waals surface area contributed by atoms with Crippen molar-refractivity contribution in [2.24, 2.45) is 0 Å². The summed E-state index contributed by atoms with van der Waals surface area (Å²) in [4.78, 5) is 25.1. The van der Waals surface area contributed by atoms with E-state index in [1.807, 2.05) is 0 Å². The molecule has 0 bridgehead atoms. The summed E-state index contributed by atoms with van der Waals surface area (Å²) < 4.78 is 10.7.